The van der Waals surface area contributed by atoms with Gasteiger partial charge >= 0.3 is 0 Å². The third-order valence-electron chi connectivity index (χ3n) is 6.60. The number of halogens is 2. The van der Waals surface area contributed by atoms with Crippen LogP contribution in [0.2, 0.25) is 0 Å². The van der Waals surface area contributed by atoms with Gasteiger partial charge in [0.2, 0.25) is 0 Å². The van der Waals surface area contributed by atoms with Gasteiger partial charge in [-0.15, -0.1) is 0 Å². The summed E-state index contributed by atoms with van der Waals surface area (Å²) < 4.78 is 40.6. The number of benzene rings is 1. The molecule has 0 spiro atoms. The molecule has 2 fully saturated rings. The van der Waals surface area contributed by atoms with Crippen LogP contribution in [-0.2, 0) is 15.9 Å². The van der Waals surface area contributed by atoms with Crippen molar-refractivity contribution in [2.75, 3.05) is 13.2 Å². The minimum absolute atomic E-state index is 0.0969. The van der Waals surface area contributed by atoms with Crippen LogP contribution < -0.4 is 0 Å². The Labute approximate surface area is 180 Å². The van der Waals surface area contributed by atoms with Crippen LogP contribution in [0.5, 0.6) is 0 Å². The van der Waals surface area contributed by atoms with E-state index in [0.29, 0.717) is 37.5 Å². The summed E-state index contributed by atoms with van der Waals surface area (Å²) >= 11 is 0. The second-order valence-electron chi connectivity index (χ2n) is 8.97. The van der Waals surface area contributed by atoms with Crippen LogP contribution in [0.4, 0.5) is 8.78 Å². The normalized spacial score (nSPS) is 26.8. The summed E-state index contributed by atoms with van der Waals surface area (Å²) in [5, 5.41) is 0. The lowest BCUT2D eigenvalue weighted by atomic mass is 9.81. The topological polar surface area (TPSA) is 18.5 Å². The Kier molecular flexibility index (Phi) is 9.15. The van der Waals surface area contributed by atoms with Crippen LogP contribution >= 0.6 is 0 Å². The fraction of sp³-hybridized carbons (Fsp3) is 0.692. The summed E-state index contributed by atoms with van der Waals surface area (Å²) in [7, 11) is 0. The SMILES string of the molecule is CCCC[C@H]1CO[C@H](CCc2cc(F)c(C#CC3CCC(CC)CC3)c(F)c2)OC1. The van der Waals surface area contributed by atoms with Crippen molar-refractivity contribution in [1.82, 2.24) is 0 Å². The Morgan fingerprint density at radius 3 is 2.20 bits per heavy atom. The van der Waals surface area contributed by atoms with Gasteiger partial charge in [-0.05, 0) is 62.1 Å². The van der Waals surface area contributed by atoms with Gasteiger partial charge in [-0.1, -0.05) is 45.0 Å². The van der Waals surface area contributed by atoms with Crippen molar-refractivity contribution in [1.29, 1.82) is 0 Å². The van der Waals surface area contributed by atoms with E-state index in [1.54, 1.807) is 0 Å². The van der Waals surface area contributed by atoms with Crippen molar-refractivity contribution in [2.24, 2.45) is 17.8 Å². The third-order valence-corrected chi connectivity index (χ3v) is 6.60. The number of aryl methyl sites for hydroxylation is 1. The molecular formula is C26H36F2O2. The monoisotopic (exact) mass is 418 g/mol. The molecule has 1 aromatic carbocycles. The molecule has 2 aliphatic rings. The highest BCUT2D eigenvalue weighted by molar-refractivity contribution is 5.39. The van der Waals surface area contributed by atoms with E-state index in [4.69, 9.17) is 9.47 Å². The predicted molar refractivity (Wildman–Crippen MR) is 116 cm³/mol. The van der Waals surface area contributed by atoms with Crippen molar-refractivity contribution in [2.45, 2.75) is 84.3 Å². The summed E-state index contributed by atoms with van der Waals surface area (Å²) in [6, 6.07) is 2.82. The highest BCUT2D eigenvalue weighted by Crippen LogP contribution is 2.30. The van der Waals surface area contributed by atoms with Crippen LogP contribution in [-0.4, -0.2) is 19.5 Å². The minimum Gasteiger partial charge on any atom is -0.352 e. The highest BCUT2D eigenvalue weighted by atomic mass is 19.1. The molecule has 3 rings (SSSR count). The molecule has 0 radical (unpaired) electrons. The molecule has 0 atom stereocenters. The summed E-state index contributed by atoms with van der Waals surface area (Å²) in [4.78, 5) is 0. The maximum atomic E-state index is 14.5. The van der Waals surface area contributed by atoms with Crippen molar-refractivity contribution < 1.29 is 18.3 Å². The minimum atomic E-state index is -0.565. The second kappa shape index (κ2) is 11.8. The van der Waals surface area contributed by atoms with E-state index in [1.165, 1.54) is 44.2 Å². The molecule has 0 amide bonds. The zero-order valence-electron chi connectivity index (χ0n) is 18.5. The molecule has 1 heterocycles. The third kappa shape index (κ3) is 6.79. The predicted octanol–water partition coefficient (Wildman–Crippen LogP) is 6.64. The Bertz CT molecular complexity index is 697. The van der Waals surface area contributed by atoms with Gasteiger partial charge < -0.3 is 9.47 Å². The van der Waals surface area contributed by atoms with Gasteiger partial charge in [0, 0.05) is 18.3 Å². The molecule has 0 bridgehead atoms. The quantitative estimate of drug-likeness (QED) is 0.462. The lowest BCUT2D eigenvalue weighted by Gasteiger charge is -2.29. The Hall–Kier alpha value is -1.44. The number of hydrogen-bond acceptors (Lipinski definition) is 2. The molecule has 1 aliphatic carbocycles. The first kappa shape index (κ1) is 23.2. The van der Waals surface area contributed by atoms with Gasteiger partial charge in [-0.3, -0.25) is 0 Å². The lowest BCUT2D eigenvalue weighted by Crippen LogP contribution is -2.32. The molecule has 30 heavy (non-hydrogen) atoms. The van der Waals surface area contributed by atoms with E-state index in [2.05, 4.69) is 25.7 Å². The van der Waals surface area contributed by atoms with E-state index >= 15 is 0 Å². The molecular weight excluding hydrogens is 382 g/mol. The Morgan fingerprint density at radius 2 is 1.60 bits per heavy atom. The molecule has 0 unspecified atom stereocenters. The van der Waals surface area contributed by atoms with Gasteiger partial charge in [-0.25, -0.2) is 8.78 Å². The molecule has 4 heteroatoms. The first-order valence-electron chi connectivity index (χ1n) is 11.8. The molecule has 0 aromatic heterocycles. The molecule has 1 saturated heterocycles. The average Bonchev–Trinajstić information content (AvgIpc) is 2.77. The average molecular weight is 419 g/mol. The summed E-state index contributed by atoms with van der Waals surface area (Å²) in [6.45, 7) is 5.82. The van der Waals surface area contributed by atoms with Gasteiger partial charge in [0.15, 0.2) is 6.29 Å². The number of hydrogen-bond donors (Lipinski definition) is 0. The van der Waals surface area contributed by atoms with Gasteiger partial charge in [-0.2, -0.15) is 0 Å². The Balaban J connectivity index is 1.50. The van der Waals surface area contributed by atoms with Gasteiger partial charge in [0.1, 0.15) is 11.6 Å². The number of rotatable bonds is 7. The van der Waals surface area contributed by atoms with E-state index in [9.17, 15) is 8.78 Å². The first-order valence-corrected chi connectivity index (χ1v) is 11.8. The summed E-state index contributed by atoms with van der Waals surface area (Å²) in [6.07, 6.45) is 9.96. The summed E-state index contributed by atoms with van der Waals surface area (Å²) in [5.41, 5.74) is 0.527. The largest absolute Gasteiger partial charge is 0.352 e. The van der Waals surface area contributed by atoms with Crippen molar-refractivity contribution in [3.8, 4) is 11.8 Å². The smallest absolute Gasteiger partial charge is 0.157 e. The maximum Gasteiger partial charge on any atom is 0.157 e. The second-order valence-corrected chi connectivity index (χ2v) is 8.97. The van der Waals surface area contributed by atoms with Crippen molar-refractivity contribution in [3.63, 3.8) is 0 Å². The van der Waals surface area contributed by atoms with Crippen molar-refractivity contribution >= 4 is 0 Å². The lowest BCUT2D eigenvalue weighted by molar-refractivity contribution is -0.203. The van der Waals surface area contributed by atoms with E-state index in [0.717, 1.165) is 25.2 Å². The molecule has 1 aromatic rings. The first-order chi connectivity index (χ1) is 14.6. The highest BCUT2D eigenvalue weighted by Gasteiger charge is 2.22. The number of ether oxygens (including phenoxy) is 2. The van der Waals surface area contributed by atoms with Gasteiger partial charge in [0.25, 0.3) is 0 Å². The van der Waals surface area contributed by atoms with Crippen molar-refractivity contribution in [3.05, 3.63) is 34.9 Å². The molecule has 1 aliphatic heterocycles. The number of unbranched alkanes of at least 4 members (excludes halogenated alkanes) is 1. The van der Waals surface area contributed by atoms with Crippen LogP contribution in [0.1, 0.15) is 82.8 Å². The van der Waals surface area contributed by atoms with Gasteiger partial charge in [0.05, 0.1) is 18.8 Å². The summed E-state index contributed by atoms with van der Waals surface area (Å²) in [5.74, 6) is 6.28. The van der Waals surface area contributed by atoms with E-state index in [1.807, 2.05) is 0 Å². The molecule has 1 saturated carbocycles. The van der Waals surface area contributed by atoms with Crippen LogP contribution in [0.3, 0.4) is 0 Å². The van der Waals surface area contributed by atoms with Crippen LogP contribution in [0.15, 0.2) is 12.1 Å². The zero-order chi connectivity index (χ0) is 21.3. The molecule has 166 valence electrons. The maximum absolute atomic E-state index is 14.5. The fourth-order valence-electron chi connectivity index (χ4n) is 4.47. The van der Waals surface area contributed by atoms with Crippen LogP contribution in [0.25, 0.3) is 0 Å². The fourth-order valence-corrected chi connectivity index (χ4v) is 4.47. The van der Waals surface area contributed by atoms with E-state index < -0.39 is 11.6 Å². The molecule has 0 N–H and O–H groups in total. The van der Waals surface area contributed by atoms with E-state index in [-0.39, 0.29) is 17.8 Å². The zero-order valence-corrected chi connectivity index (χ0v) is 18.5. The standard InChI is InChI=1S/C26H36F2O2/c1-3-5-6-22-17-29-26(30-18-22)14-12-21-15-24(27)23(25(28)16-21)13-11-20-9-7-19(4-2)8-10-20/h15-16,19-20,22,26H,3-10,12,14,17-18H2,1-2H3/t19?,20?,22-,26-. The Morgan fingerprint density at radius 1 is 0.933 bits per heavy atom. The molecule has 2 nitrogen and oxygen atoms in total. The van der Waals surface area contributed by atoms with Crippen LogP contribution in [0, 0.1) is 41.2 Å².